The first-order valence-electron chi connectivity index (χ1n) is 4.01. The third-order valence-electron chi connectivity index (χ3n) is 1.63. The van der Waals surface area contributed by atoms with Gasteiger partial charge in [-0.1, -0.05) is 6.58 Å². The SMILES string of the molecule is C=CC(=O)NC(=N)c1ccc(N)cc1. The fourth-order valence-electron chi connectivity index (χ4n) is 0.896. The Bertz CT molecular complexity index is 367. The van der Waals surface area contributed by atoms with Crippen molar-refractivity contribution in [1.82, 2.24) is 5.32 Å². The smallest absolute Gasteiger partial charge is 0.248 e. The van der Waals surface area contributed by atoms with Gasteiger partial charge in [0.25, 0.3) is 0 Å². The van der Waals surface area contributed by atoms with Gasteiger partial charge in [-0.3, -0.25) is 10.2 Å². The summed E-state index contributed by atoms with van der Waals surface area (Å²) in [7, 11) is 0. The highest BCUT2D eigenvalue weighted by atomic mass is 16.1. The number of carbonyl (C=O) groups excluding carboxylic acids is 1. The number of carbonyl (C=O) groups is 1. The molecule has 1 aromatic carbocycles. The van der Waals surface area contributed by atoms with E-state index in [2.05, 4.69) is 11.9 Å². The Hall–Kier alpha value is -2.10. The summed E-state index contributed by atoms with van der Waals surface area (Å²) >= 11 is 0. The average Bonchev–Trinajstić information content (AvgIpc) is 2.18. The Morgan fingerprint density at radius 3 is 2.50 bits per heavy atom. The Labute approximate surface area is 81.9 Å². The van der Waals surface area contributed by atoms with Crippen molar-refractivity contribution in [2.75, 3.05) is 5.73 Å². The molecular weight excluding hydrogens is 178 g/mol. The molecule has 0 atom stereocenters. The van der Waals surface area contributed by atoms with Crippen LogP contribution in [0.3, 0.4) is 0 Å². The maximum Gasteiger partial charge on any atom is 0.248 e. The molecular formula is C10H11N3O. The second-order valence-corrected chi connectivity index (χ2v) is 2.69. The van der Waals surface area contributed by atoms with E-state index in [4.69, 9.17) is 11.1 Å². The summed E-state index contributed by atoms with van der Waals surface area (Å²) in [6, 6.07) is 6.68. The van der Waals surface area contributed by atoms with Crippen molar-refractivity contribution in [2.24, 2.45) is 0 Å². The van der Waals surface area contributed by atoms with E-state index < -0.39 is 5.91 Å². The number of hydrogen-bond donors (Lipinski definition) is 3. The van der Waals surface area contributed by atoms with Crippen LogP contribution in [-0.4, -0.2) is 11.7 Å². The molecule has 0 saturated heterocycles. The van der Waals surface area contributed by atoms with E-state index in [0.29, 0.717) is 11.3 Å². The number of nitrogens with one attached hydrogen (secondary N) is 2. The van der Waals surface area contributed by atoms with Crippen LogP contribution in [0.15, 0.2) is 36.9 Å². The lowest BCUT2D eigenvalue weighted by atomic mass is 10.2. The molecule has 1 rings (SSSR count). The van der Waals surface area contributed by atoms with Crippen LogP contribution < -0.4 is 11.1 Å². The molecule has 4 nitrogen and oxygen atoms in total. The van der Waals surface area contributed by atoms with E-state index in [-0.39, 0.29) is 5.84 Å². The highest BCUT2D eigenvalue weighted by Gasteiger charge is 2.02. The molecule has 0 saturated carbocycles. The van der Waals surface area contributed by atoms with Gasteiger partial charge in [-0.2, -0.15) is 0 Å². The normalized spacial score (nSPS) is 9.14. The van der Waals surface area contributed by atoms with Gasteiger partial charge in [0.2, 0.25) is 5.91 Å². The highest BCUT2D eigenvalue weighted by Crippen LogP contribution is 2.04. The lowest BCUT2D eigenvalue weighted by molar-refractivity contribution is -0.115. The van der Waals surface area contributed by atoms with E-state index in [0.717, 1.165) is 6.08 Å². The molecule has 72 valence electrons. The van der Waals surface area contributed by atoms with Crippen LogP contribution in [0.25, 0.3) is 0 Å². The van der Waals surface area contributed by atoms with E-state index in [1.54, 1.807) is 24.3 Å². The molecule has 0 heterocycles. The van der Waals surface area contributed by atoms with Crippen LogP contribution in [0.1, 0.15) is 5.56 Å². The summed E-state index contributed by atoms with van der Waals surface area (Å²) in [6.45, 7) is 3.29. The molecule has 0 spiro atoms. The van der Waals surface area contributed by atoms with Crippen molar-refractivity contribution in [1.29, 1.82) is 5.41 Å². The third-order valence-corrected chi connectivity index (χ3v) is 1.63. The van der Waals surface area contributed by atoms with Gasteiger partial charge in [0.1, 0.15) is 5.84 Å². The zero-order chi connectivity index (χ0) is 10.6. The summed E-state index contributed by atoms with van der Waals surface area (Å²) in [6.07, 6.45) is 1.12. The second kappa shape index (κ2) is 4.23. The fourth-order valence-corrected chi connectivity index (χ4v) is 0.896. The van der Waals surface area contributed by atoms with Gasteiger partial charge < -0.3 is 11.1 Å². The largest absolute Gasteiger partial charge is 0.399 e. The minimum Gasteiger partial charge on any atom is -0.399 e. The first-order valence-corrected chi connectivity index (χ1v) is 4.01. The molecule has 0 aliphatic rings. The van der Waals surface area contributed by atoms with Crippen LogP contribution >= 0.6 is 0 Å². The van der Waals surface area contributed by atoms with Gasteiger partial charge in [-0.15, -0.1) is 0 Å². The molecule has 0 unspecified atom stereocenters. The Morgan fingerprint density at radius 1 is 1.43 bits per heavy atom. The molecule has 1 aromatic rings. The zero-order valence-corrected chi connectivity index (χ0v) is 7.58. The van der Waals surface area contributed by atoms with Gasteiger partial charge >= 0.3 is 0 Å². The van der Waals surface area contributed by atoms with Crippen LogP contribution in [0.2, 0.25) is 0 Å². The number of benzene rings is 1. The lowest BCUT2D eigenvalue weighted by Crippen LogP contribution is -2.28. The summed E-state index contributed by atoms with van der Waals surface area (Å²) in [5.74, 6) is -0.360. The van der Waals surface area contributed by atoms with Gasteiger partial charge in [0.15, 0.2) is 0 Å². The monoisotopic (exact) mass is 189 g/mol. The van der Waals surface area contributed by atoms with E-state index in [9.17, 15) is 4.79 Å². The molecule has 4 heteroatoms. The Kier molecular flexibility index (Phi) is 3.01. The topological polar surface area (TPSA) is 79.0 Å². The molecule has 0 bridgehead atoms. The zero-order valence-electron chi connectivity index (χ0n) is 7.58. The number of anilines is 1. The van der Waals surface area contributed by atoms with Crippen LogP contribution in [0.5, 0.6) is 0 Å². The average molecular weight is 189 g/mol. The molecule has 0 fully saturated rings. The maximum absolute atomic E-state index is 10.9. The number of nitrogen functional groups attached to an aromatic ring is 1. The predicted molar refractivity (Wildman–Crippen MR) is 56.0 cm³/mol. The maximum atomic E-state index is 10.9. The number of rotatable bonds is 2. The van der Waals surface area contributed by atoms with Crippen molar-refractivity contribution in [3.63, 3.8) is 0 Å². The summed E-state index contributed by atoms with van der Waals surface area (Å²) in [5, 5.41) is 9.86. The van der Waals surface area contributed by atoms with Gasteiger partial charge in [0, 0.05) is 11.3 Å². The minimum absolute atomic E-state index is 0.0369. The molecule has 0 aliphatic heterocycles. The van der Waals surface area contributed by atoms with Crippen LogP contribution in [0, 0.1) is 5.41 Å². The molecule has 14 heavy (non-hydrogen) atoms. The third kappa shape index (κ3) is 2.45. The molecule has 4 N–H and O–H groups in total. The predicted octanol–water partition coefficient (Wildman–Crippen LogP) is 0.896. The number of amides is 1. The molecule has 0 aromatic heterocycles. The van der Waals surface area contributed by atoms with Gasteiger partial charge in [0.05, 0.1) is 0 Å². The van der Waals surface area contributed by atoms with Crippen molar-refractivity contribution in [2.45, 2.75) is 0 Å². The lowest BCUT2D eigenvalue weighted by Gasteiger charge is -2.04. The quantitative estimate of drug-likeness (QED) is 0.279. The standard InChI is InChI=1S/C10H11N3O/c1-2-9(14)13-10(12)7-3-5-8(11)6-4-7/h2-6H,1,11H2,(H2,12,13,14). The summed E-state index contributed by atoms with van der Waals surface area (Å²) < 4.78 is 0. The summed E-state index contributed by atoms with van der Waals surface area (Å²) in [5.41, 5.74) is 6.71. The first kappa shape index (κ1) is 9.98. The summed E-state index contributed by atoms with van der Waals surface area (Å²) in [4.78, 5) is 10.9. The first-order chi connectivity index (χ1) is 6.63. The van der Waals surface area contributed by atoms with E-state index in [1.165, 1.54) is 0 Å². The minimum atomic E-state index is -0.396. The fraction of sp³-hybridized carbons (Fsp3) is 0. The van der Waals surface area contributed by atoms with Crippen molar-refractivity contribution >= 4 is 17.4 Å². The van der Waals surface area contributed by atoms with Crippen LogP contribution in [-0.2, 0) is 4.79 Å². The van der Waals surface area contributed by atoms with Gasteiger partial charge in [-0.25, -0.2) is 0 Å². The second-order valence-electron chi connectivity index (χ2n) is 2.69. The van der Waals surface area contributed by atoms with E-state index in [1.807, 2.05) is 0 Å². The number of amidine groups is 1. The van der Waals surface area contributed by atoms with Gasteiger partial charge in [-0.05, 0) is 30.3 Å². The molecule has 1 amide bonds. The molecule has 0 aliphatic carbocycles. The van der Waals surface area contributed by atoms with E-state index >= 15 is 0 Å². The van der Waals surface area contributed by atoms with Crippen molar-refractivity contribution < 1.29 is 4.79 Å². The van der Waals surface area contributed by atoms with Crippen molar-refractivity contribution in [3.8, 4) is 0 Å². The highest BCUT2D eigenvalue weighted by molar-refractivity contribution is 6.09. The number of hydrogen-bond acceptors (Lipinski definition) is 3. The number of nitrogens with two attached hydrogens (primary N) is 1. The molecule has 0 radical (unpaired) electrons. The Morgan fingerprint density at radius 2 is 2.00 bits per heavy atom. The van der Waals surface area contributed by atoms with Crippen LogP contribution in [0.4, 0.5) is 5.69 Å². The Balaban J connectivity index is 2.75. The van der Waals surface area contributed by atoms with Crippen molar-refractivity contribution in [3.05, 3.63) is 42.5 Å².